The first kappa shape index (κ1) is 29.2. The number of amides is 4. The van der Waals surface area contributed by atoms with Crippen molar-refractivity contribution in [3.63, 3.8) is 0 Å². The number of nitrogens with one attached hydrogen (secondary N) is 2. The van der Waals surface area contributed by atoms with E-state index in [1.807, 2.05) is 13.0 Å². The monoisotopic (exact) mass is 489 g/mol. The van der Waals surface area contributed by atoms with Crippen molar-refractivity contribution in [3.05, 3.63) is 29.8 Å². The van der Waals surface area contributed by atoms with E-state index in [1.165, 1.54) is 18.2 Å². The highest BCUT2D eigenvalue weighted by molar-refractivity contribution is 5.92. The summed E-state index contributed by atoms with van der Waals surface area (Å²) in [5.74, 6) is -2.16. The van der Waals surface area contributed by atoms with E-state index in [0.29, 0.717) is 13.0 Å². The van der Waals surface area contributed by atoms with Crippen molar-refractivity contribution in [2.24, 2.45) is 5.73 Å². The number of rotatable bonds is 12. The van der Waals surface area contributed by atoms with Gasteiger partial charge in [-0.3, -0.25) is 14.4 Å². The lowest BCUT2D eigenvalue weighted by atomic mass is 10.0. The SMILES string of the molecule is CCCCNC(=O)C(c1cccc(O)c1)N(CC#N)C(=O)C(CCC(N)=O)NC(=O)OC(C)(C)C. The molecule has 192 valence electrons. The number of alkyl carbamates (subject to hydrolysis) is 1. The molecule has 0 aromatic heterocycles. The van der Waals surface area contributed by atoms with E-state index in [9.17, 15) is 29.5 Å². The van der Waals surface area contributed by atoms with Crippen LogP contribution in [0.15, 0.2) is 24.3 Å². The number of carbonyl (C=O) groups is 4. The molecule has 0 aliphatic heterocycles. The van der Waals surface area contributed by atoms with Crippen molar-refractivity contribution < 1.29 is 29.0 Å². The largest absolute Gasteiger partial charge is 0.508 e. The standard InChI is InChI=1S/C24H35N5O6/c1-5-6-13-27-21(32)20(16-8-7-9-17(30)15-16)29(14-12-25)22(33)18(10-11-19(26)31)28-23(34)35-24(2,3)4/h7-9,15,18,20,30H,5-6,10-11,13-14H2,1-4H3,(H2,26,31)(H,27,32)(H,28,34). The molecule has 0 bridgehead atoms. The highest BCUT2D eigenvalue weighted by Crippen LogP contribution is 2.26. The lowest BCUT2D eigenvalue weighted by molar-refractivity contribution is -0.142. The molecule has 0 fully saturated rings. The van der Waals surface area contributed by atoms with Gasteiger partial charge in [0.25, 0.3) is 0 Å². The van der Waals surface area contributed by atoms with Crippen LogP contribution in [0.4, 0.5) is 4.79 Å². The first-order valence-electron chi connectivity index (χ1n) is 11.4. The molecule has 5 N–H and O–H groups in total. The van der Waals surface area contributed by atoms with E-state index in [4.69, 9.17) is 10.5 Å². The molecule has 11 nitrogen and oxygen atoms in total. The summed E-state index contributed by atoms with van der Waals surface area (Å²) in [6, 6.07) is 5.08. The molecular weight excluding hydrogens is 454 g/mol. The zero-order valence-corrected chi connectivity index (χ0v) is 20.7. The van der Waals surface area contributed by atoms with E-state index in [0.717, 1.165) is 11.3 Å². The average Bonchev–Trinajstić information content (AvgIpc) is 2.74. The third-order valence-electron chi connectivity index (χ3n) is 4.77. The van der Waals surface area contributed by atoms with Gasteiger partial charge >= 0.3 is 6.09 Å². The summed E-state index contributed by atoms with van der Waals surface area (Å²) in [5.41, 5.74) is 4.66. The maximum Gasteiger partial charge on any atom is 0.408 e. The topological polar surface area (TPSA) is 175 Å². The van der Waals surface area contributed by atoms with Crippen LogP contribution in [0.1, 0.15) is 65.0 Å². The van der Waals surface area contributed by atoms with Crippen LogP contribution in [-0.2, 0) is 19.1 Å². The molecule has 0 aliphatic rings. The number of unbranched alkanes of at least 4 members (excludes halogenated alkanes) is 1. The molecule has 11 heteroatoms. The number of hydrogen-bond acceptors (Lipinski definition) is 7. The number of nitrogens with two attached hydrogens (primary N) is 1. The van der Waals surface area contributed by atoms with Gasteiger partial charge in [0.2, 0.25) is 17.7 Å². The molecule has 0 aliphatic carbocycles. The molecule has 4 amide bonds. The van der Waals surface area contributed by atoms with Gasteiger partial charge in [0, 0.05) is 13.0 Å². The number of carbonyl (C=O) groups excluding carboxylic acids is 4. The van der Waals surface area contributed by atoms with Crippen molar-refractivity contribution in [1.82, 2.24) is 15.5 Å². The fourth-order valence-electron chi connectivity index (χ4n) is 3.22. The van der Waals surface area contributed by atoms with Crippen molar-refractivity contribution in [3.8, 4) is 11.8 Å². The lowest BCUT2D eigenvalue weighted by Gasteiger charge is -2.33. The van der Waals surface area contributed by atoms with Gasteiger partial charge in [-0.25, -0.2) is 4.79 Å². The Morgan fingerprint density at radius 1 is 1.26 bits per heavy atom. The summed E-state index contributed by atoms with van der Waals surface area (Å²) >= 11 is 0. The number of nitriles is 1. The summed E-state index contributed by atoms with van der Waals surface area (Å²) in [7, 11) is 0. The van der Waals surface area contributed by atoms with E-state index >= 15 is 0 Å². The van der Waals surface area contributed by atoms with Gasteiger partial charge in [0.05, 0.1) is 6.07 Å². The summed E-state index contributed by atoms with van der Waals surface area (Å²) in [6.45, 7) is 6.74. The summed E-state index contributed by atoms with van der Waals surface area (Å²) in [4.78, 5) is 51.5. The third-order valence-corrected chi connectivity index (χ3v) is 4.77. The zero-order valence-electron chi connectivity index (χ0n) is 20.7. The Morgan fingerprint density at radius 3 is 2.49 bits per heavy atom. The number of nitrogens with zero attached hydrogens (tertiary/aromatic N) is 2. The summed E-state index contributed by atoms with van der Waals surface area (Å²) < 4.78 is 5.22. The van der Waals surface area contributed by atoms with Crippen molar-refractivity contribution in [1.29, 1.82) is 5.26 Å². The van der Waals surface area contributed by atoms with Crippen molar-refractivity contribution in [2.75, 3.05) is 13.1 Å². The molecule has 1 aromatic rings. The van der Waals surface area contributed by atoms with Crippen LogP contribution < -0.4 is 16.4 Å². The first-order chi connectivity index (χ1) is 16.4. The van der Waals surface area contributed by atoms with Crippen LogP contribution in [0.5, 0.6) is 5.75 Å². The highest BCUT2D eigenvalue weighted by atomic mass is 16.6. The van der Waals surface area contributed by atoms with Crippen LogP contribution in [0.25, 0.3) is 0 Å². The van der Waals surface area contributed by atoms with Crippen LogP contribution >= 0.6 is 0 Å². The number of hydrogen-bond donors (Lipinski definition) is 4. The minimum absolute atomic E-state index is 0.129. The normalized spacial score (nSPS) is 12.5. The first-order valence-corrected chi connectivity index (χ1v) is 11.4. The van der Waals surface area contributed by atoms with Gasteiger partial charge in [0.1, 0.15) is 30.0 Å². The Morgan fingerprint density at radius 2 is 1.94 bits per heavy atom. The number of ether oxygens (including phenoxy) is 1. The maximum absolute atomic E-state index is 13.6. The molecule has 0 spiro atoms. The molecule has 2 atom stereocenters. The van der Waals surface area contributed by atoms with Gasteiger partial charge in [0.15, 0.2) is 0 Å². The van der Waals surface area contributed by atoms with Crippen LogP contribution in [-0.4, -0.2) is 58.6 Å². The predicted octanol–water partition coefficient (Wildman–Crippen LogP) is 1.86. The van der Waals surface area contributed by atoms with E-state index in [-0.39, 0.29) is 24.2 Å². The lowest BCUT2D eigenvalue weighted by Crippen LogP contribution is -2.53. The Bertz CT molecular complexity index is 937. The zero-order chi connectivity index (χ0) is 26.6. The molecule has 0 saturated carbocycles. The minimum Gasteiger partial charge on any atom is -0.508 e. The third kappa shape index (κ3) is 10.3. The highest BCUT2D eigenvalue weighted by Gasteiger charge is 2.36. The number of benzene rings is 1. The second-order valence-electron chi connectivity index (χ2n) is 8.97. The van der Waals surface area contributed by atoms with Gasteiger partial charge in [-0.2, -0.15) is 5.26 Å². The van der Waals surface area contributed by atoms with Crippen LogP contribution in [0.2, 0.25) is 0 Å². The molecular formula is C24H35N5O6. The average molecular weight is 490 g/mol. The Kier molecular flexibility index (Phi) is 11.5. The number of aromatic hydroxyl groups is 1. The molecule has 0 heterocycles. The number of phenolic OH excluding ortho intramolecular Hbond substituents is 1. The van der Waals surface area contributed by atoms with Crippen LogP contribution in [0.3, 0.4) is 0 Å². The summed E-state index contributed by atoms with van der Waals surface area (Å²) in [6.07, 6.45) is 0.226. The van der Waals surface area contributed by atoms with Crippen molar-refractivity contribution >= 4 is 23.8 Å². The second-order valence-corrected chi connectivity index (χ2v) is 8.97. The summed E-state index contributed by atoms with van der Waals surface area (Å²) in [5, 5.41) is 24.6. The van der Waals surface area contributed by atoms with E-state index in [1.54, 1.807) is 26.8 Å². The smallest absolute Gasteiger partial charge is 0.408 e. The minimum atomic E-state index is -1.30. The molecule has 1 aromatic carbocycles. The van der Waals surface area contributed by atoms with Crippen LogP contribution in [0, 0.1) is 11.3 Å². The molecule has 35 heavy (non-hydrogen) atoms. The Hall–Kier alpha value is -3.81. The van der Waals surface area contributed by atoms with Gasteiger partial charge in [-0.1, -0.05) is 25.5 Å². The molecule has 2 unspecified atom stereocenters. The quantitative estimate of drug-likeness (QED) is 0.256. The molecule has 1 rings (SSSR count). The van der Waals surface area contributed by atoms with Gasteiger partial charge < -0.3 is 31.1 Å². The Labute approximate surface area is 205 Å². The molecule has 0 radical (unpaired) electrons. The Balaban J connectivity index is 3.39. The predicted molar refractivity (Wildman–Crippen MR) is 128 cm³/mol. The van der Waals surface area contributed by atoms with E-state index in [2.05, 4.69) is 10.6 Å². The fourth-order valence-corrected chi connectivity index (χ4v) is 3.22. The number of phenols is 1. The second kappa shape index (κ2) is 13.8. The number of primary amides is 1. The molecule has 0 saturated heterocycles. The van der Waals surface area contributed by atoms with Crippen molar-refractivity contribution in [2.45, 2.75) is 71.1 Å². The van der Waals surface area contributed by atoms with Gasteiger partial charge in [-0.05, 0) is 51.3 Å². The van der Waals surface area contributed by atoms with Gasteiger partial charge in [-0.15, -0.1) is 0 Å². The fraction of sp³-hybridized carbons (Fsp3) is 0.542. The van der Waals surface area contributed by atoms with E-state index < -0.39 is 48.0 Å². The maximum atomic E-state index is 13.6.